The molecule has 128 valence electrons. The highest BCUT2D eigenvalue weighted by molar-refractivity contribution is 5.68. The zero-order chi connectivity index (χ0) is 16.7. The number of benzene rings is 1. The van der Waals surface area contributed by atoms with Crippen LogP contribution in [0.3, 0.4) is 0 Å². The minimum atomic E-state index is -0.427. The minimum Gasteiger partial charge on any atom is -0.444 e. The molecule has 0 bridgehead atoms. The highest BCUT2D eigenvalue weighted by Gasteiger charge is 2.29. The number of carbonyl (C=O) groups is 1. The maximum atomic E-state index is 12.0. The summed E-state index contributed by atoms with van der Waals surface area (Å²) in [5, 5.41) is 0. The summed E-state index contributed by atoms with van der Waals surface area (Å²) in [5.74, 6) is 0.430. The highest BCUT2D eigenvalue weighted by atomic mass is 16.6. The Bertz CT molecular complexity index is 481. The molecular formula is C19H29NO3. The predicted octanol–water partition coefficient (Wildman–Crippen LogP) is 3.89. The van der Waals surface area contributed by atoms with Gasteiger partial charge in [-0.15, -0.1) is 0 Å². The molecule has 0 N–H and O–H groups in total. The summed E-state index contributed by atoms with van der Waals surface area (Å²) in [4.78, 5) is 13.8. The number of nitrogens with zero attached hydrogens (tertiary/aromatic N) is 1. The lowest BCUT2D eigenvalue weighted by atomic mass is 10.1. The van der Waals surface area contributed by atoms with Gasteiger partial charge in [-0.05, 0) is 45.6 Å². The molecule has 1 atom stereocenters. The van der Waals surface area contributed by atoms with Crippen molar-refractivity contribution >= 4 is 6.09 Å². The van der Waals surface area contributed by atoms with E-state index >= 15 is 0 Å². The minimum absolute atomic E-state index is 0.205. The van der Waals surface area contributed by atoms with E-state index in [4.69, 9.17) is 9.47 Å². The molecule has 1 saturated heterocycles. The van der Waals surface area contributed by atoms with Crippen molar-refractivity contribution in [2.24, 2.45) is 5.92 Å². The maximum absolute atomic E-state index is 12.0. The number of likely N-dealkylation sites (tertiary alicyclic amines) is 1. The summed E-state index contributed by atoms with van der Waals surface area (Å²) in [7, 11) is 0. The van der Waals surface area contributed by atoms with E-state index in [1.165, 1.54) is 5.56 Å². The first-order valence-electron chi connectivity index (χ1n) is 8.53. The fraction of sp³-hybridized carbons (Fsp3) is 0.632. The summed E-state index contributed by atoms with van der Waals surface area (Å²) >= 11 is 0. The Morgan fingerprint density at radius 1 is 1.26 bits per heavy atom. The van der Waals surface area contributed by atoms with Gasteiger partial charge in [-0.25, -0.2) is 4.79 Å². The molecule has 23 heavy (non-hydrogen) atoms. The average Bonchev–Trinajstić information content (AvgIpc) is 2.95. The fourth-order valence-electron chi connectivity index (χ4n) is 2.73. The van der Waals surface area contributed by atoms with Gasteiger partial charge in [0, 0.05) is 25.6 Å². The fourth-order valence-corrected chi connectivity index (χ4v) is 2.73. The summed E-state index contributed by atoms with van der Waals surface area (Å²) < 4.78 is 11.2. The van der Waals surface area contributed by atoms with Crippen LogP contribution in [0.5, 0.6) is 0 Å². The second-order valence-electron chi connectivity index (χ2n) is 7.25. The summed E-state index contributed by atoms with van der Waals surface area (Å²) in [6.45, 7) is 8.71. The Morgan fingerprint density at radius 2 is 2.00 bits per heavy atom. The van der Waals surface area contributed by atoms with Gasteiger partial charge in [0.25, 0.3) is 0 Å². The van der Waals surface area contributed by atoms with Gasteiger partial charge in [-0.2, -0.15) is 0 Å². The molecule has 1 amide bonds. The van der Waals surface area contributed by atoms with Crippen molar-refractivity contribution in [2.75, 3.05) is 26.3 Å². The van der Waals surface area contributed by atoms with Crippen LogP contribution in [0.1, 0.15) is 39.2 Å². The molecule has 2 rings (SSSR count). The lowest BCUT2D eigenvalue weighted by molar-refractivity contribution is 0.0274. The third kappa shape index (κ3) is 6.61. The second-order valence-corrected chi connectivity index (χ2v) is 7.25. The van der Waals surface area contributed by atoms with Crippen molar-refractivity contribution in [3.8, 4) is 0 Å². The largest absolute Gasteiger partial charge is 0.444 e. The van der Waals surface area contributed by atoms with Gasteiger partial charge >= 0.3 is 6.09 Å². The lowest BCUT2D eigenvalue weighted by Crippen LogP contribution is -2.35. The molecule has 1 fully saturated rings. The van der Waals surface area contributed by atoms with Gasteiger partial charge in [-0.3, -0.25) is 0 Å². The molecule has 4 nitrogen and oxygen atoms in total. The van der Waals surface area contributed by atoms with E-state index < -0.39 is 5.60 Å². The number of amides is 1. The van der Waals surface area contributed by atoms with Crippen molar-refractivity contribution in [2.45, 2.75) is 45.6 Å². The van der Waals surface area contributed by atoms with E-state index in [-0.39, 0.29) is 6.09 Å². The quantitative estimate of drug-likeness (QED) is 0.747. The van der Waals surface area contributed by atoms with Crippen LogP contribution in [-0.4, -0.2) is 42.9 Å². The molecule has 0 aliphatic carbocycles. The molecule has 0 spiro atoms. The van der Waals surface area contributed by atoms with Gasteiger partial charge in [0.2, 0.25) is 0 Å². The van der Waals surface area contributed by atoms with E-state index in [1.807, 2.05) is 26.8 Å². The summed E-state index contributed by atoms with van der Waals surface area (Å²) in [6, 6.07) is 10.5. The first-order chi connectivity index (χ1) is 10.9. The molecule has 1 aliphatic heterocycles. The van der Waals surface area contributed by atoms with Gasteiger partial charge < -0.3 is 14.4 Å². The van der Waals surface area contributed by atoms with Crippen molar-refractivity contribution in [1.82, 2.24) is 4.90 Å². The van der Waals surface area contributed by atoms with Crippen molar-refractivity contribution in [3.63, 3.8) is 0 Å². The van der Waals surface area contributed by atoms with Crippen LogP contribution >= 0.6 is 0 Å². The van der Waals surface area contributed by atoms with E-state index in [0.29, 0.717) is 5.92 Å². The molecule has 0 unspecified atom stereocenters. The Labute approximate surface area is 139 Å². The molecule has 1 aromatic carbocycles. The van der Waals surface area contributed by atoms with Crippen LogP contribution in [0.2, 0.25) is 0 Å². The average molecular weight is 319 g/mol. The Balaban J connectivity index is 1.58. The Kier molecular flexibility index (Phi) is 6.46. The molecule has 1 heterocycles. The van der Waals surface area contributed by atoms with Crippen LogP contribution in [0.4, 0.5) is 4.79 Å². The van der Waals surface area contributed by atoms with Gasteiger partial charge in [0.05, 0.1) is 6.61 Å². The number of hydrogen-bond donors (Lipinski definition) is 0. The lowest BCUT2D eigenvalue weighted by Gasteiger charge is -2.24. The molecule has 1 aliphatic rings. The number of carbonyl (C=O) groups excluding carboxylic acids is 1. The van der Waals surface area contributed by atoms with E-state index in [0.717, 1.165) is 45.6 Å². The third-order valence-electron chi connectivity index (χ3n) is 3.89. The number of rotatable bonds is 6. The van der Waals surface area contributed by atoms with Gasteiger partial charge in [0.1, 0.15) is 5.60 Å². The number of aryl methyl sites for hydroxylation is 1. The van der Waals surface area contributed by atoms with Crippen LogP contribution < -0.4 is 0 Å². The van der Waals surface area contributed by atoms with E-state index in [9.17, 15) is 4.79 Å². The Morgan fingerprint density at radius 3 is 2.70 bits per heavy atom. The normalized spacial score (nSPS) is 18.2. The first kappa shape index (κ1) is 17.8. The van der Waals surface area contributed by atoms with Crippen LogP contribution in [0.15, 0.2) is 30.3 Å². The molecule has 0 radical (unpaired) electrons. The zero-order valence-corrected chi connectivity index (χ0v) is 14.6. The van der Waals surface area contributed by atoms with Crippen molar-refractivity contribution in [1.29, 1.82) is 0 Å². The van der Waals surface area contributed by atoms with Crippen molar-refractivity contribution < 1.29 is 14.3 Å². The smallest absolute Gasteiger partial charge is 0.410 e. The second kappa shape index (κ2) is 8.34. The van der Waals surface area contributed by atoms with E-state index in [1.54, 1.807) is 4.90 Å². The zero-order valence-electron chi connectivity index (χ0n) is 14.6. The molecule has 0 saturated carbocycles. The maximum Gasteiger partial charge on any atom is 0.410 e. The van der Waals surface area contributed by atoms with Gasteiger partial charge in [-0.1, -0.05) is 30.3 Å². The monoisotopic (exact) mass is 319 g/mol. The van der Waals surface area contributed by atoms with Crippen molar-refractivity contribution in [3.05, 3.63) is 35.9 Å². The van der Waals surface area contributed by atoms with Crippen LogP contribution in [0, 0.1) is 5.92 Å². The first-order valence-corrected chi connectivity index (χ1v) is 8.53. The molecule has 4 heteroatoms. The molecular weight excluding hydrogens is 290 g/mol. The SMILES string of the molecule is CC(C)(C)OC(=O)N1CC[C@@H](COCCCc2ccccc2)C1. The van der Waals surface area contributed by atoms with Gasteiger partial charge in [0.15, 0.2) is 0 Å². The standard InChI is InChI=1S/C19H29NO3/c1-19(2,3)23-18(21)20-12-11-17(14-20)15-22-13-7-10-16-8-5-4-6-9-16/h4-6,8-9,17H,7,10-15H2,1-3H3/t17-/m1/s1. The van der Waals surface area contributed by atoms with E-state index in [2.05, 4.69) is 24.3 Å². The third-order valence-corrected chi connectivity index (χ3v) is 3.89. The van der Waals surface area contributed by atoms with Crippen LogP contribution in [-0.2, 0) is 15.9 Å². The predicted molar refractivity (Wildman–Crippen MR) is 91.5 cm³/mol. The molecule has 0 aromatic heterocycles. The summed E-state index contributed by atoms with van der Waals surface area (Å²) in [6.07, 6.45) is 2.88. The number of hydrogen-bond acceptors (Lipinski definition) is 3. The summed E-state index contributed by atoms with van der Waals surface area (Å²) in [5.41, 5.74) is 0.927. The Hall–Kier alpha value is -1.55. The molecule has 1 aromatic rings. The van der Waals surface area contributed by atoms with Crippen LogP contribution in [0.25, 0.3) is 0 Å². The highest BCUT2D eigenvalue weighted by Crippen LogP contribution is 2.19. The number of ether oxygens (including phenoxy) is 2. The topological polar surface area (TPSA) is 38.8 Å².